The number of hydrogen-bond acceptors (Lipinski definition) is 6. The molecule has 2 heterocycles. The lowest BCUT2D eigenvalue weighted by atomic mass is 10.2. The molecule has 84 valence electrons. The van der Waals surface area contributed by atoms with Gasteiger partial charge in [0.25, 0.3) is 0 Å². The molecule has 0 spiro atoms. The monoisotopic (exact) mass is 228 g/mol. The summed E-state index contributed by atoms with van der Waals surface area (Å²) in [5.41, 5.74) is 0.681. The van der Waals surface area contributed by atoms with Gasteiger partial charge in [-0.2, -0.15) is 0 Å². The zero-order valence-corrected chi connectivity index (χ0v) is 8.69. The molecule has 0 saturated heterocycles. The predicted molar refractivity (Wildman–Crippen MR) is 59.7 cm³/mol. The van der Waals surface area contributed by atoms with Crippen molar-refractivity contribution >= 4 is 12.0 Å². The molecule has 0 bridgehead atoms. The first kappa shape index (κ1) is 10.9. The molecule has 2 rings (SSSR count). The van der Waals surface area contributed by atoms with Crippen molar-refractivity contribution in [3.63, 3.8) is 0 Å². The zero-order chi connectivity index (χ0) is 12.1. The average Bonchev–Trinajstić information content (AvgIpc) is 2.42. The van der Waals surface area contributed by atoms with Gasteiger partial charge >= 0.3 is 0 Å². The first-order valence-electron chi connectivity index (χ1n) is 4.77. The second-order valence-electron chi connectivity index (χ2n) is 3.08. The van der Waals surface area contributed by atoms with Crippen LogP contribution in [0.3, 0.4) is 0 Å². The molecule has 6 nitrogen and oxygen atoms in total. The molecule has 6 heteroatoms. The van der Waals surface area contributed by atoms with Crippen LogP contribution in [-0.2, 0) is 4.79 Å². The van der Waals surface area contributed by atoms with Gasteiger partial charge in [0.05, 0.1) is 5.69 Å². The molecule has 0 aromatic carbocycles. The van der Waals surface area contributed by atoms with E-state index in [1.165, 1.54) is 12.3 Å². The summed E-state index contributed by atoms with van der Waals surface area (Å²) in [4.78, 5) is 22.8. The van der Waals surface area contributed by atoms with Crippen molar-refractivity contribution in [2.24, 2.45) is 5.16 Å². The van der Waals surface area contributed by atoms with E-state index in [2.05, 4.69) is 20.1 Å². The van der Waals surface area contributed by atoms with Crippen molar-refractivity contribution in [3.8, 4) is 11.5 Å². The summed E-state index contributed by atoms with van der Waals surface area (Å²) in [5.74, 6) is 0.367. The Bertz CT molecular complexity index is 554. The molecular weight excluding hydrogens is 220 g/mol. The maximum atomic E-state index is 10.6. The third kappa shape index (κ3) is 2.31. The number of carbonyl (C=O) groups is 1. The number of aldehydes is 1. The maximum absolute atomic E-state index is 10.6. The van der Waals surface area contributed by atoms with Crippen LogP contribution in [0, 0.1) is 0 Å². The Hall–Kier alpha value is -2.63. The third-order valence-electron chi connectivity index (χ3n) is 2.03. The number of hydrogen-bond donors (Lipinski definition) is 1. The van der Waals surface area contributed by atoms with Gasteiger partial charge < -0.3 is 5.21 Å². The van der Waals surface area contributed by atoms with Crippen LogP contribution in [0.2, 0.25) is 0 Å². The number of aromatic nitrogens is 3. The van der Waals surface area contributed by atoms with E-state index in [1.807, 2.05) is 0 Å². The number of pyridine rings is 1. The largest absolute Gasteiger partial charge is 0.410 e. The fraction of sp³-hybridized carbons (Fsp3) is 0. The topological polar surface area (TPSA) is 88.3 Å². The lowest BCUT2D eigenvalue weighted by Gasteiger charge is -2.00. The first-order valence-corrected chi connectivity index (χ1v) is 4.77. The van der Waals surface area contributed by atoms with Crippen LogP contribution >= 0.6 is 0 Å². The number of oxime groups is 1. The van der Waals surface area contributed by atoms with Crippen LogP contribution in [0.25, 0.3) is 11.5 Å². The van der Waals surface area contributed by atoms with Crippen LogP contribution in [0.15, 0.2) is 41.8 Å². The van der Waals surface area contributed by atoms with Crippen molar-refractivity contribution < 1.29 is 10.0 Å². The first-order chi connectivity index (χ1) is 8.35. The van der Waals surface area contributed by atoms with Crippen molar-refractivity contribution in [3.05, 3.63) is 42.4 Å². The van der Waals surface area contributed by atoms with Crippen LogP contribution in [0.1, 0.15) is 5.69 Å². The average molecular weight is 228 g/mol. The lowest BCUT2D eigenvalue weighted by molar-refractivity contribution is -0.102. The smallest absolute Gasteiger partial charge is 0.178 e. The normalized spacial score (nSPS) is 11.2. The van der Waals surface area contributed by atoms with E-state index in [1.54, 1.807) is 24.4 Å². The SMILES string of the molecule is O=C/C(=N\O)c1ccnc(-c2ccccn2)n1. The molecule has 0 unspecified atom stereocenters. The van der Waals surface area contributed by atoms with E-state index in [4.69, 9.17) is 5.21 Å². The number of nitrogens with zero attached hydrogens (tertiary/aromatic N) is 4. The van der Waals surface area contributed by atoms with Gasteiger partial charge in [0, 0.05) is 12.4 Å². The highest BCUT2D eigenvalue weighted by Crippen LogP contribution is 2.10. The fourth-order valence-corrected chi connectivity index (χ4v) is 1.25. The summed E-state index contributed by atoms with van der Waals surface area (Å²) in [7, 11) is 0. The molecule has 0 aliphatic rings. The fourth-order valence-electron chi connectivity index (χ4n) is 1.25. The molecule has 0 aliphatic heterocycles. The number of rotatable bonds is 3. The molecular formula is C11H8N4O2. The van der Waals surface area contributed by atoms with E-state index in [9.17, 15) is 4.79 Å². The number of carbonyl (C=O) groups excluding carboxylic acids is 1. The molecule has 0 fully saturated rings. The van der Waals surface area contributed by atoms with Gasteiger partial charge in [-0.3, -0.25) is 9.78 Å². The van der Waals surface area contributed by atoms with Crippen molar-refractivity contribution in [2.75, 3.05) is 0 Å². The minimum Gasteiger partial charge on any atom is -0.410 e. The molecule has 0 amide bonds. The van der Waals surface area contributed by atoms with Crippen LogP contribution in [0.5, 0.6) is 0 Å². The minimum atomic E-state index is -0.149. The van der Waals surface area contributed by atoms with Crippen LogP contribution < -0.4 is 0 Å². The van der Waals surface area contributed by atoms with E-state index in [0.29, 0.717) is 17.8 Å². The Morgan fingerprint density at radius 3 is 2.76 bits per heavy atom. The predicted octanol–water partition coefficient (Wildman–Crippen LogP) is 0.916. The third-order valence-corrected chi connectivity index (χ3v) is 2.03. The quantitative estimate of drug-likeness (QED) is 0.365. The minimum absolute atomic E-state index is 0.149. The van der Waals surface area contributed by atoms with Gasteiger partial charge in [0.1, 0.15) is 5.69 Å². The summed E-state index contributed by atoms with van der Waals surface area (Å²) in [6, 6.07) is 6.81. The molecule has 2 aromatic rings. The summed E-state index contributed by atoms with van der Waals surface area (Å²) < 4.78 is 0. The Labute approximate surface area is 96.7 Å². The van der Waals surface area contributed by atoms with Crippen molar-refractivity contribution in [1.29, 1.82) is 0 Å². The van der Waals surface area contributed by atoms with Gasteiger partial charge in [0.2, 0.25) is 0 Å². The Morgan fingerprint density at radius 2 is 2.12 bits per heavy atom. The molecule has 0 saturated carbocycles. The second-order valence-corrected chi connectivity index (χ2v) is 3.08. The highest BCUT2D eigenvalue weighted by atomic mass is 16.4. The van der Waals surface area contributed by atoms with Crippen LogP contribution in [0.4, 0.5) is 0 Å². The van der Waals surface area contributed by atoms with E-state index < -0.39 is 0 Å². The van der Waals surface area contributed by atoms with Crippen molar-refractivity contribution in [2.45, 2.75) is 0 Å². The summed E-state index contributed by atoms with van der Waals surface area (Å²) >= 11 is 0. The zero-order valence-electron chi connectivity index (χ0n) is 8.69. The summed E-state index contributed by atoms with van der Waals surface area (Å²) in [5, 5.41) is 11.5. The van der Waals surface area contributed by atoms with E-state index >= 15 is 0 Å². The van der Waals surface area contributed by atoms with Gasteiger partial charge in [0.15, 0.2) is 17.8 Å². The Kier molecular flexibility index (Phi) is 3.15. The molecule has 0 atom stereocenters. The summed E-state index contributed by atoms with van der Waals surface area (Å²) in [6.07, 6.45) is 3.51. The van der Waals surface area contributed by atoms with Gasteiger partial charge in [-0.15, -0.1) is 0 Å². The molecule has 2 aromatic heterocycles. The molecule has 1 N–H and O–H groups in total. The van der Waals surface area contributed by atoms with Gasteiger partial charge in [-0.25, -0.2) is 9.97 Å². The van der Waals surface area contributed by atoms with Gasteiger partial charge in [-0.05, 0) is 18.2 Å². The summed E-state index contributed by atoms with van der Waals surface area (Å²) in [6.45, 7) is 0. The van der Waals surface area contributed by atoms with E-state index in [0.717, 1.165) is 0 Å². The van der Waals surface area contributed by atoms with Gasteiger partial charge in [-0.1, -0.05) is 11.2 Å². The Morgan fingerprint density at radius 1 is 1.24 bits per heavy atom. The molecule has 0 radical (unpaired) electrons. The highest BCUT2D eigenvalue weighted by molar-refractivity contribution is 6.35. The second kappa shape index (κ2) is 4.93. The lowest BCUT2D eigenvalue weighted by Crippen LogP contribution is -2.06. The Balaban J connectivity index is 2.45. The highest BCUT2D eigenvalue weighted by Gasteiger charge is 2.08. The molecule has 0 aliphatic carbocycles. The standard InChI is InChI=1S/C11H8N4O2/c16-7-10(15-17)8-4-6-13-11(14-8)9-3-1-2-5-12-9/h1-7,17H/b15-10+. The van der Waals surface area contributed by atoms with Crippen LogP contribution in [-0.4, -0.2) is 32.2 Å². The van der Waals surface area contributed by atoms with Crippen molar-refractivity contribution in [1.82, 2.24) is 15.0 Å². The van der Waals surface area contributed by atoms with E-state index in [-0.39, 0.29) is 11.4 Å². The molecule has 17 heavy (non-hydrogen) atoms. The maximum Gasteiger partial charge on any atom is 0.178 e.